The fourth-order valence-electron chi connectivity index (χ4n) is 1.63. The summed E-state index contributed by atoms with van der Waals surface area (Å²) in [5.74, 6) is 0.430. The summed E-state index contributed by atoms with van der Waals surface area (Å²) in [6.07, 6.45) is 1.41. The maximum atomic E-state index is 9.09. The van der Waals surface area contributed by atoms with Crippen molar-refractivity contribution in [2.24, 2.45) is 0 Å². The van der Waals surface area contributed by atoms with Crippen LogP contribution in [0.2, 0.25) is 0 Å². The second-order valence-corrected chi connectivity index (χ2v) is 3.85. The van der Waals surface area contributed by atoms with Crippen molar-refractivity contribution < 1.29 is 4.74 Å². The number of nitrogens with zero attached hydrogens (tertiary/aromatic N) is 7. The molecule has 0 spiro atoms. The Balaban J connectivity index is 2.48. The zero-order valence-corrected chi connectivity index (χ0v) is 11.3. The van der Waals surface area contributed by atoms with Gasteiger partial charge in [-0.05, 0) is 28.6 Å². The molecule has 1 aromatic heterocycles. The van der Waals surface area contributed by atoms with Crippen LogP contribution in [0.5, 0.6) is 5.75 Å². The Bertz CT molecular complexity index is 816. The predicted octanol–water partition coefficient (Wildman–Crippen LogP) is 0.908. The van der Waals surface area contributed by atoms with E-state index in [1.807, 2.05) is 0 Å². The molecule has 0 aliphatic carbocycles. The van der Waals surface area contributed by atoms with Crippen LogP contribution in [0, 0.1) is 34.0 Å². The number of benzene rings is 1. The lowest BCUT2D eigenvalue weighted by Gasteiger charge is -2.11. The summed E-state index contributed by atoms with van der Waals surface area (Å²) < 4.78 is 6.60. The third kappa shape index (κ3) is 2.82. The highest BCUT2D eigenvalue weighted by Crippen LogP contribution is 2.28. The molecule has 9 heteroatoms. The fourth-order valence-corrected chi connectivity index (χ4v) is 1.63. The van der Waals surface area contributed by atoms with Crippen molar-refractivity contribution in [2.45, 2.75) is 0 Å². The van der Waals surface area contributed by atoms with E-state index < -0.39 is 0 Å². The first-order chi connectivity index (χ1) is 10.7. The van der Waals surface area contributed by atoms with Crippen LogP contribution in [0.25, 0.3) is 5.69 Å². The Hall–Kier alpha value is -3.90. The second kappa shape index (κ2) is 6.51. The molecule has 22 heavy (non-hydrogen) atoms. The van der Waals surface area contributed by atoms with Gasteiger partial charge in [0, 0.05) is 0 Å². The Morgan fingerprint density at radius 3 is 2.55 bits per heavy atom. The van der Waals surface area contributed by atoms with E-state index in [-0.39, 0.29) is 11.3 Å². The van der Waals surface area contributed by atoms with Gasteiger partial charge in [0.15, 0.2) is 5.57 Å². The lowest BCUT2D eigenvalue weighted by molar-refractivity contribution is 0.416. The Morgan fingerprint density at radius 2 is 2.00 bits per heavy atom. The van der Waals surface area contributed by atoms with Crippen LogP contribution in [0.1, 0.15) is 0 Å². The summed E-state index contributed by atoms with van der Waals surface area (Å²) in [6, 6.07) is 10.1. The lowest BCUT2D eigenvalue weighted by Crippen LogP contribution is -2.04. The van der Waals surface area contributed by atoms with E-state index in [4.69, 9.17) is 20.5 Å². The third-order valence-corrected chi connectivity index (χ3v) is 2.64. The van der Waals surface area contributed by atoms with Gasteiger partial charge in [0.1, 0.15) is 36.0 Å². The smallest absolute Gasteiger partial charge is 0.163 e. The van der Waals surface area contributed by atoms with Gasteiger partial charge in [0.25, 0.3) is 0 Å². The summed E-state index contributed by atoms with van der Waals surface area (Å²) in [6.45, 7) is 0. The van der Waals surface area contributed by atoms with Gasteiger partial charge >= 0.3 is 0 Å². The summed E-state index contributed by atoms with van der Waals surface area (Å²) in [4.78, 5) is 0. The number of hydrogen-bond donors (Lipinski definition) is 1. The largest absolute Gasteiger partial charge is 0.495 e. The number of tetrazole rings is 1. The van der Waals surface area contributed by atoms with Crippen molar-refractivity contribution in [2.75, 3.05) is 12.4 Å². The van der Waals surface area contributed by atoms with Crippen molar-refractivity contribution in [1.82, 2.24) is 20.2 Å². The van der Waals surface area contributed by atoms with Gasteiger partial charge in [-0.3, -0.25) is 0 Å². The molecule has 0 atom stereocenters. The molecule has 0 bridgehead atoms. The number of rotatable bonds is 4. The molecule has 0 unspecified atom stereocenters. The Labute approximate surface area is 125 Å². The highest BCUT2D eigenvalue weighted by Gasteiger charge is 2.11. The number of methoxy groups -OCH3 is 1. The molecular weight excluding hydrogens is 284 g/mol. The van der Waals surface area contributed by atoms with E-state index in [1.54, 1.807) is 36.4 Å². The average Bonchev–Trinajstić information content (AvgIpc) is 3.09. The molecule has 0 radical (unpaired) electrons. The minimum Gasteiger partial charge on any atom is -0.495 e. The lowest BCUT2D eigenvalue weighted by atomic mass is 10.2. The zero-order chi connectivity index (χ0) is 15.9. The first kappa shape index (κ1) is 14.5. The highest BCUT2D eigenvalue weighted by molar-refractivity contribution is 5.67. The third-order valence-electron chi connectivity index (χ3n) is 2.64. The Morgan fingerprint density at radius 1 is 1.23 bits per heavy atom. The molecule has 0 fully saturated rings. The molecule has 0 aliphatic rings. The molecule has 0 amide bonds. The standard InChI is InChI=1S/C13H8N8O/c1-22-13-3-2-10(21-8-17-19-20-21)4-11(13)18-12(7-16)9(5-14)6-15/h2-4,8,18H,1H3. The van der Waals surface area contributed by atoms with Crippen molar-refractivity contribution in [3.8, 4) is 29.6 Å². The van der Waals surface area contributed by atoms with E-state index >= 15 is 0 Å². The Kier molecular flexibility index (Phi) is 4.29. The van der Waals surface area contributed by atoms with E-state index in [2.05, 4.69) is 20.8 Å². The summed E-state index contributed by atoms with van der Waals surface area (Å²) in [5.41, 5.74) is 0.519. The first-order valence-corrected chi connectivity index (χ1v) is 5.86. The molecule has 2 rings (SSSR count). The quantitative estimate of drug-likeness (QED) is 0.821. The van der Waals surface area contributed by atoms with Gasteiger partial charge in [0.2, 0.25) is 0 Å². The molecule has 0 aliphatic heterocycles. The van der Waals surface area contributed by atoms with Crippen molar-refractivity contribution in [1.29, 1.82) is 15.8 Å². The number of hydrogen-bond acceptors (Lipinski definition) is 8. The van der Waals surface area contributed by atoms with Gasteiger partial charge < -0.3 is 10.1 Å². The van der Waals surface area contributed by atoms with Crippen LogP contribution >= 0.6 is 0 Å². The molecule has 1 N–H and O–H groups in total. The minimum absolute atomic E-state index is 0.169. The molecule has 9 nitrogen and oxygen atoms in total. The average molecular weight is 292 g/mol. The van der Waals surface area contributed by atoms with Gasteiger partial charge in [-0.15, -0.1) is 5.10 Å². The maximum absolute atomic E-state index is 9.09. The van der Waals surface area contributed by atoms with Crippen LogP contribution < -0.4 is 10.1 Å². The second-order valence-electron chi connectivity index (χ2n) is 3.85. The van der Waals surface area contributed by atoms with E-state index in [0.717, 1.165) is 0 Å². The van der Waals surface area contributed by atoms with Crippen LogP contribution in [0.3, 0.4) is 0 Å². The zero-order valence-electron chi connectivity index (χ0n) is 11.3. The van der Waals surface area contributed by atoms with Gasteiger partial charge in [0.05, 0.1) is 18.5 Å². The first-order valence-electron chi connectivity index (χ1n) is 5.86. The normalized spacial score (nSPS) is 9.00. The van der Waals surface area contributed by atoms with Crippen molar-refractivity contribution >= 4 is 5.69 Å². The molecule has 1 heterocycles. The van der Waals surface area contributed by atoms with Crippen LogP contribution in [-0.2, 0) is 0 Å². The van der Waals surface area contributed by atoms with Crippen molar-refractivity contribution in [3.63, 3.8) is 0 Å². The number of nitriles is 3. The molecule has 106 valence electrons. The molecule has 2 aromatic rings. The minimum atomic E-state index is -0.322. The summed E-state index contributed by atoms with van der Waals surface area (Å²) >= 11 is 0. The number of allylic oxidation sites excluding steroid dienone is 2. The van der Waals surface area contributed by atoms with Crippen LogP contribution in [-0.4, -0.2) is 27.3 Å². The molecule has 0 saturated heterocycles. The number of nitrogens with one attached hydrogen (secondary N) is 1. The monoisotopic (exact) mass is 292 g/mol. The van der Waals surface area contributed by atoms with Gasteiger partial charge in [-0.25, -0.2) is 4.68 Å². The number of ether oxygens (including phenoxy) is 1. The fraction of sp³-hybridized carbons (Fsp3) is 0.0769. The topological polar surface area (TPSA) is 136 Å². The van der Waals surface area contributed by atoms with E-state index in [0.29, 0.717) is 17.1 Å². The van der Waals surface area contributed by atoms with Gasteiger partial charge in [-0.2, -0.15) is 15.8 Å². The highest BCUT2D eigenvalue weighted by atomic mass is 16.5. The number of anilines is 1. The van der Waals surface area contributed by atoms with Gasteiger partial charge in [-0.1, -0.05) is 0 Å². The van der Waals surface area contributed by atoms with E-state index in [9.17, 15) is 0 Å². The summed E-state index contributed by atoms with van der Waals surface area (Å²) in [5, 5.41) is 40.3. The van der Waals surface area contributed by atoms with Crippen molar-refractivity contribution in [3.05, 3.63) is 35.8 Å². The van der Waals surface area contributed by atoms with Crippen LogP contribution in [0.15, 0.2) is 35.8 Å². The SMILES string of the molecule is COc1ccc(-n2cnnn2)cc1NC(C#N)=C(C#N)C#N. The maximum Gasteiger partial charge on any atom is 0.163 e. The van der Waals surface area contributed by atoms with E-state index in [1.165, 1.54) is 18.1 Å². The molecule has 0 saturated carbocycles. The molecular formula is C13H8N8O. The molecule has 1 aromatic carbocycles. The van der Waals surface area contributed by atoms with Crippen LogP contribution in [0.4, 0.5) is 5.69 Å². The predicted molar refractivity (Wildman–Crippen MR) is 73.2 cm³/mol. The summed E-state index contributed by atoms with van der Waals surface area (Å²) in [7, 11) is 1.46. The number of aromatic nitrogens is 4.